The molecule has 10 heteroatoms. The Morgan fingerprint density at radius 3 is 2.48 bits per heavy atom. The molecule has 7 nitrogen and oxygen atoms in total. The van der Waals surface area contributed by atoms with E-state index in [4.69, 9.17) is 4.74 Å². The highest BCUT2D eigenvalue weighted by molar-refractivity contribution is 5.88. The maximum Gasteiger partial charge on any atom is 0.573 e. The highest BCUT2D eigenvalue weighted by Gasteiger charge is 2.32. The zero-order chi connectivity index (χ0) is 23.8. The highest BCUT2D eigenvalue weighted by Crippen LogP contribution is 2.31. The molecule has 3 heterocycles. The van der Waals surface area contributed by atoms with Crippen LogP contribution in [0, 0.1) is 17.2 Å². The second-order valence-corrected chi connectivity index (χ2v) is 7.99. The average Bonchev–Trinajstić information content (AvgIpc) is 2.77. The summed E-state index contributed by atoms with van der Waals surface area (Å²) in [5.41, 5.74) is 2.00. The van der Waals surface area contributed by atoms with Crippen LogP contribution < -0.4 is 19.9 Å². The summed E-state index contributed by atoms with van der Waals surface area (Å²) < 4.78 is 48.4. The van der Waals surface area contributed by atoms with Crippen LogP contribution in [0.25, 0.3) is 11.0 Å². The van der Waals surface area contributed by atoms with Gasteiger partial charge in [-0.15, -0.1) is 13.2 Å². The van der Waals surface area contributed by atoms with E-state index in [9.17, 15) is 23.2 Å². The lowest BCUT2D eigenvalue weighted by atomic mass is 9.95. The van der Waals surface area contributed by atoms with Crippen molar-refractivity contribution in [3.63, 3.8) is 0 Å². The molecule has 1 aromatic carbocycles. The molecule has 0 aliphatic carbocycles. The van der Waals surface area contributed by atoms with E-state index in [1.54, 1.807) is 19.2 Å². The van der Waals surface area contributed by atoms with Crippen molar-refractivity contribution in [2.24, 2.45) is 13.0 Å². The molecule has 0 bridgehead atoms. The fourth-order valence-corrected chi connectivity index (χ4v) is 4.03. The van der Waals surface area contributed by atoms with E-state index in [-0.39, 0.29) is 29.0 Å². The molecule has 1 aliphatic rings. The van der Waals surface area contributed by atoms with Crippen LogP contribution in [0.3, 0.4) is 0 Å². The summed E-state index contributed by atoms with van der Waals surface area (Å²) in [5, 5.41) is 9.24. The summed E-state index contributed by atoms with van der Waals surface area (Å²) in [7, 11) is 1.66. The summed E-state index contributed by atoms with van der Waals surface area (Å²) in [6.45, 7) is 3.18. The largest absolute Gasteiger partial charge is 0.573 e. The van der Waals surface area contributed by atoms with Gasteiger partial charge in [-0.25, -0.2) is 4.98 Å². The number of nitrogens with zero attached hydrogens (tertiary/aromatic N) is 4. The predicted octanol–water partition coefficient (Wildman–Crippen LogP) is 4.00. The molecule has 0 spiro atoms. The normalized spacial score (nSPS) is 18.7. The van der Waals surface area contributed by atoms with Gasteiger partial charge in [0.1, 0.15) is 34.9 Å². The number of nitriles is 1. The number of aromatic nitrogens is 2. The molecule has 1 saturated heterocycles. The van der Waals surface area contributed by atoms with Crippen LogP contribution in [-0.4, -0.2) is 35.1 Å². The van der Waals surface area contributed by atoms with Crippen molar-refractivity contribution in [2.45, 2.75) is 25.8 Å². The molecule has 2 atom stereocenters. The predicted molar refractivity (Wildman–Crippen MR) is 115 cm³/mol. The second kappa shape index (κ2) is 8.65. The maximum absolute atomic E-state index is 12.5. The molecule has 1 fully saturated rings. The van der Waals surface area contributed by atoms with Crippen LogP contribution >= 0.6 is 0 Å². The Balaban J connectivity index is 1.51. The van der Waals surface area contributed by atoms with E-state index in [0.29, 0.717) is 42.0 Å². The number of anilines is 1. The quantitative estimate of drug-likeness (QED) is 0.588. The van der Waals surface area contributed by atoms with Gasteiger partial charge in [0.05, 0.1) is 11.2 Å². The van der Waals surface area contributed by atoms with Crippen molar-refractivity contribution < 1.29 is 22.6 Å². The summed E-state index contributed by atoms with van der Waals surface area (Å²) in [4.78, 5) is 19.0. The highest BCUT2D eigenvalue weighted by atomic mass is 19.4. The van der Waals surface area contributed by atoms with E-state index in [1.165, 1.54) is 34.9 Å². The Labute approximate surface area is 187 Å². The van der Waals surface area contributed by atoms with Crippen LogP contribution in [0.5, 0.6) is 11.5 Å². The van der Waals surface area contributed by atoms with Crippen molar-refractivity contribution in [1.82, 2.24) is 9.55 Å². The molecular formula is C23H21F3N4O3. The fourth-order valence-electron chi connectivity index (χ4n) is 4.03. The van der Waals surface area contributed by atoms with E-state index in [1.807, 2.05) is 13.0 Å². The molecule has 0 radical (unpaired) electrons. The summed E-state index contributed by atoms with van der Waals surface area (Å²) in [5.74, 6) is 0.205. The Morgan fingerprint density at radius 1 is 1.15 bits per heavy atom. The Hall–Kier alpha value is -3.74. The monoisotopic (exact) mass is 458 g/mol. The molecule has 2 aromatic heterocycles. The number of piperidine rings is 1. The van der Waals surface area contributed by atoms with Crippen molar-refractivity contribution in [3.05, 3.63) is 58.5 Å². The maximum atomic E-state index is 12.5. The average molecular weight is 458 g/mol. The van der Waals surface area contributed by atoms with E-state index >= 15 is 0 Å². The lowest BCUT2D eigenvalue weighted by Crippen LogP contribution is -2.45. The van der Waals surface area contributed by atoms with Gasteiger partial charge in [-0.05, 0) is 36.4 Å². The molecule has 2 unspecified atom stereocenters. The van der Waals surface area contributed by atoms with Gasteiger partial charge in [0, 0.05) is 38.5 Å². The van der Waals surface area contributed by atoms with Crippen LogP contribution in [0.2, 0.25) is 0 Å². The minimum atomic E-state index is -4.74. The minimum absolute atomic E-state index is 0.0584. The van der Waals surface area contributed by atoms with Crippen LogP contribution in [0.1, 0.15) is 19.0 Å². The first-order valence-corrected chi connectivity index (χ1v) is 10.3. The van der Waals surface area contributed by atoms with E-state index in [2.05, 4.69) is 14.6 Å². The number of ether oxygens (including phenoxy) is 2. The topological polar surface area (TPSA) is 80.4 Å². The third kappa shape index (κ3) is 4.87. The van der Waals surface area contributed by atoms with Gasteiger partial charge in [0.15, 0.2) is 0 Å². The van der Waals surface area contributed by atoms with Gasteiger partial charge in [0.25, 0.3) is 5.56 Å². The Morgan fingerprint density at radius 2 is 1.85 bits per heavy atom. The molecule has 172 valence electrons. The zero-order valence-electron chi connectivity index (χ0n) is 18.0. The molecule has 3 aromatic rings. The molecule has 0 amide bonds. The molecule has 0 N–H and O–H groups in total. The van der Waals surface area contributed by atoms with Crippen LogP contribution in [-0.2, 0) is 7.05 Å². The van der Waals surface area contributed by atoms with E-state index < -0.39 is 6.36 Å². The lowest BCUT2D eigenvalue weighted by molar-refractivity contribution is -0.274. The molecule has 4 rings (SSSR count). The van der Waals surface area contributed by atoms with E-state index in [0.717, 1.165) is 0 Å². The third-order valence-corrected chi connectivity index (χ3v) is 5.70. The molecule has 33 heavy (non-hydrogen) atoms. The number of aryl methyl sites for hydroxylation is 1. The van der Waals surface area contributed by atoms with Gasteiger partial charge < -0.3 is 18.9 Å². The first kappa shape index (κ1) is 22.5. The van der Waals surface area contributed by atoms with Crippen molar-refractivity contribution in [2.75, 3.05) is 18.0 Å². The lowest BCUT2D eigenvalue weighted by Gasteiger charge is -2.38. The van der Waals surface area contributed by atoms with Crippen molar-refractivity contribution in [3.8, 4) is 17.6 Å². The first-order valence-electron chi connectivity index (χ1n) is 10.3. The van der Waals surface area contributed by atoms with Gasteiger partial charge in [-0.1, -0.05) is 6.92 Å². The number of halogens is 3. The number of pyridine rings is 2. The molecule has 1 aliphatic heterocycles. The zero-order valence-corrected chi connectivity index (χ0v) is 18.0. The molecular weight excluding hydrogens is 437 g/mol. The summed E-state index contributed by atoms with van der Waals surface area (Å²) >= 11 is 0. The Kier molecular flexibility index (Phi) is 5.89. The summed E-state index contributed by atoms with van der Waals surface area (Å²) in [6.07, 6.45) is -4.26. The number of fused-ring (bicyclic) bond motifs is 1. The van der Waals surface area contributed by atoms with Gasteiger partial charge >= 0.3 is 6.36 Å². The first-order chi connectivity index (χ1) is 15.6. The number of alkyl halides is 3. The second-order valence-electron chi connectivity index (χ2n) is 7.99. The minimum Gasteiger partial charge on any atom is -0.490 e. The Bertz CT molecular complexity index is 1270. The number of rotatable bonds is 4. The SMILES string of the molecule is CC1CN(c2cc(=O)n(C)c3ccc(C#N)nc23)CCC1Oc1ccc(OC(F)(F)F)cc1. The van der Waals surface area contributed by atoms with Crippen LogP contribution in [0.4, 0.5) is 18.9 Å². The summed E-state index contributed by atoms with van der Waals surface area (Å²) in [6, 6.07) is 12.2. The standard InChI is InChI=1S/C23H21F3N4O3/c1-14-13-30(19-11-21(31)29(2)18-8-3-15(12-27)28-22(18)19)10-9-20(14)32-16-4-6-17(7-5-16)33-23(24,25)26/h3-8,11,14,20H,9-10,13H2,1-2H3. The number of hydrogen-bond donors (Lipinski definition) is 0. The van der Waals surface area contributed by atoms with Gasteiger partial charge in [0.2, 0.25) is 0 Å². The van der Waals surface area contributed by atoms with Crippen molar-refractivity contribution >= 4 is 16.7 Å². The van der Waals surface area contributed by atoms with Crippen molar-refractivity contribution in [1.29, 1.82) is 5.26 Å². The number of benzene rings is 1. The van der Waals surface area contributed by atoms with Gasteiger partial charge in [-0.2, -0.15) is 5.26 Å². The third-order valence-electron chi connectivity index (χ3n) is 5.70. The smallest absolute Gasteiger partial charge is 0.490 e. The molecule has 0 saturated carbocycles. The fraction of sp³-hybridized carbons (Fsp3) is 0.348. The van der Waals surface area contributed by atoms with Gasteiger partial charge in [-0.3, -0.25) is 4.79 Å². The van der Waals surface area contributed by atoms with Crippen LogP contribution in [0.15, 0.2) is 47.3 Å². The number of hydrogen-bond acceptors (Lipinski definition) is 6.